The minimum absolute atomic E-state index is 0.0162. The standard InChI is InChI=1S/C17H22N4OS/c1-20(2)14-5-3-4-13(10-14)15-11-19-17(23-15)21-8-6-12(7-9-21)16(18)22/h3-5,10-12H,6-9H2,1-2H3,(H2,18,22). The average Bonchev–Trinajstić information content (AvgIpc) is 3.05. The van der Waals surface area contributed by atoms with Crippen LogP contribution in [0.25, 0.3) is 10.4 Å². The van der Waals surface area contributed by atoms with Crippen LogP contribution in [0.5, 0.6) is 0 Å². The third kappa shape index (κ3) is 3.47. The Labute approximate surface area is 140 Å². The Morgan fingerprint density at radius 1 is 1.35 bits per heavy atom. The molecule has 0 aliphatic carbocycles. The third-order valence-corrected chi connectivity index (χ3v) is 5.42. The number of aromatic nitrogens is 1. The molecule has 1 fully saturated rings. The van der Waals surface area contributed by atoms with Gasteiger partial charge in [0.05, 0.1) is 4.88 Å². The number of piperidine rings is 1. The van der Waals surface area contributed by atoms with Crippen LogP contribution in [-0.4, -0.2) is 38.1 Å². The number of hydrogen-bond acceptors (Lipinski definition) is 5. The first-order valence-electron chi connectivity index (χ1n) is 7.82. The SMILES string of the molecule is CN(C)c1cccc(-c2cnc(N3CCC(C(N)=O)CC3)s2)c1. The van der Waals surface area contributed by atoms with Gasteiger partial charge in [0.2, 0.25) is 5.91 Å². The van der Waals surface area contributed by atoms with E-state index in [-0.39, 0.29) is 11.8 Å². The Bertz CT molecular complexity index is 689. The highest BCUT2D eigenvalue weighted by Gasteiger charge is 2.24. The fourth-order valence-corrected chi connectivity index (χ4v) is 3.80. The lowest BCUT2D eigenvalue weighted by atomic mass is 9.97. The number of nitrogens with zero attached hydrogens (tertiary/aromatic N) is 3. The summed E-state index contributed by atoms with van der Waals surface area (Å²) < 4.78 is 0. The highest BCUT2D eigenvalue weighted by atomic mass is 32.1. The zero-order valence-electron chi connectivity index (χ0n) is 13.5. The summed E-state index contributed by atoms with van der Waals surface area (Å²) in [6, 6.07) is 8.46. The number of carbonyl (C=O) groups is 1. The fourth-order valence-electron chi connectivity index (χ4n) is 2.84. The van der Waals surface area contributed by atoms with Crippen molar-refractivity contribution in [3.63, 3.8) is 0 Å². The summed E-state index contributed by atoms with van der Waals surface area (Å²) in [7, 11) is 4.08. The van der Waals surface area contributed by atoms with Crippen molar-refractivity contribution in [3.8, 4) is 10.4 Å². The van der Waals surface area contributed by atoms with Gasteiger partial charge in [-0.1, -0.05) is 23.5 Å². The molecule has 0 bridgehead atoms. The van der Waals surface area contributed by atoms with E-state index in [1.807, 2.05) is 20.3 Å². The molecule has 5 nitrogen and oxygen atoms in total. The van der Waals surface area contributed by atoms with Crippen LogP contribution in [0.2, 0.25) is 0 Å². The molecular formula is C17H22N4OS. The number of thiazole rings is 1. The molecule has 1 aromatic heterocycles. The number of hydrogen-bond donors (Lipinski definition) is 1. The number of amides is 1. The van der Waals surface area contributed by atoms with Gasteiger partial charge >= 0.3 is 0 Å². The summed E-state index contributed by atoms with van der Waals surface area (Å²) in [6.07, 6.45) is 3.58. The molecule has 0 spiro atoms. The number of anilines is 2. The monoisotopic (exact) mass is 330 g/mol. The highest BCUT2D eigenvalue weighted by molar-refractivity contribution is 7.18. The molecule has 1 saturated heterocycles. The van der Waals surface area contributed by atoms with Gasteiger partial charge in [-0.3, -0.25) is 4.79 Å². The van der Waals surface area contributed by atoms with Crippen molar-refractivity contribution >= 4 is 28.1 Å². The van der Waals surface area contributed by atoms with Gasteiger partial charge in [-0.15, -0.1) is 0 Å². The minimum atomic E-state index is -0.176. The first-order chi connectivity index (χ1) is 11.0. The van der Waals surface area contributed by atoms with E-state index < -0.39 is 0 Å². The topological polar surface area (TPSA) is 62.5 Å². The largest absolute Gasteiger partial charge is 0.378 e. The van der Waals surface area contributed by atoms with Gasteiger partial charge in [-0.2, -0.15) is 0 Å². The Kier molecular flexibility index (Phi) is 4.52. The zero-order chi connectivity index (χ0) is 16.4. The lowest BCUT2D eigenvalue weighted by molar-refractivity contribution is -0.122. The molecule has 2 heterocycles. The summed E-state index contributed by atoms with van der Waals surface area (Å²) in [5.74, 6) is -0.160. The van der Waals surface area contributed by atoms with Crippen molar-refractivity contribution < 1.29 is 4.79 Å². The van der Waals surface area contributed by atoms with Gasteiger partial charge in [0.25, 0.3) is 0 Å². The molecule has 2 aromatic rings. The van der Waals surface area contributed by atoms with Crippen LogP contribution < -0.4 is 15.5 Å². The smallest absolute Gasteiger partial charge is 0.220 e. The van der Waals surface area contributed by atoms with Gasteiger partial charge in [0, 0.05) is 45.0 Å². The van der Waals surface area contributed by atoms with Crippen molar-refractivity contribution in [3.05, 3.63) is 30.5 Å². The number of rotatable bonds is 4. The van der Waals surface area contributed by atoms with Crippen LogP contribution in [0, 0.1) is 5.92 Å². The predicted octanol–water partition coefficient (Wildman–Crippen LogP) is 2.58. The number of nitrogens with two attached hydrogens (primary N) is 1. The Balaban J connectivity index is 1.74. The van der Waals surface area contributed by atoms with E-state index in [2.05, 4.69) is 39.0 Å². The maximum Gasteiger partial charge on any atom is 0.220 e. The van der Waals surface area contributed by atoms with Crippen molar-refractivity contribution in [1.82, 2.24) is 4.98 Å². The van der Waals surface area contributed by atoms with Crippen LogP contribution in [0.1, 0.15) is 12.8 Å². The number of benzene rings is 1. The molecule has 6 heteroatoms. The van der Waals surface area contributed by atoms with E-state index in [9.17, 15) is 4.79 Å². The van der Waals surface area contributed by atoms with E-state index in [1.54, 1.807) is 11.3 Å². The lowest BCUT2D eigenvalue weighted by Crippen LogP contribution is -2.38. The van der Waals surface area contributed by atoms with Crippen molar-refractivity contribution in [2.75, 3.05) is 37.0 Å². The second-order valence-electron chi connectivity index (χ2n) is 6.12. The molecule has 1 aliphatic rings. The summed E-state index contributed by atoms with van der Waals surface area (Å²) in [5.41, 5.74) is 7.76. The average molecular weight is 330 g/mol. The van der Waals surface area contributed by atoms with Gasteiger partial charge in [0.1, 0.15) is 0 Å². The van der Waals surface area contributed by atoms with Crippen LogP contribution in [-0.2, 0) is 4.79 Å². The van der Waals surface area contributed by atoms with Gasteiger partial charge in [-0.05, 0) is 30.5 Å². The lowest BCUT2D eigenvalue weighted by Gasteiger charge is -2.30. The number of primary amides is 1. The third-order valence-electron chi connectivity index (χ3n) is 4.31. The molecule has 0 atom stereocenters. The van der Waals surface area contributed by atoms with E-state index in [4.69, 9.17) is 5.73 Å². The van der Waals surface area contributed by atoms with Crippen LogP contribution in [0.15, 0.2) is 30.5 Å². The molecule has 1 amide bonds. The molecule has 3 rings (SSSR count). The summed E-state index contributed by atoms with van der Waals surface area (Å²) >= 11 is 1.70. The minimum Gasteiger partial charge on any atom is -0.378 e. The second-order valence-corrected chi connectivity index (χ2v) is 7.12. The van der Waals surface area contributed by atoms with E-state index >= 15 is 0 Å². The maximum atomic E-state index is 11.3. The zero-order valence-corrected chi connectivity index (χ0v) is 14.3. The molecule has 0 saturated carbocycles. The Morgan fingerprint density at radius 2 is 2.09 bits per heavy atom. The molecule has 2 N–H and O–H groups in total. The molecule has 23 heavy (non-hydrogen) atoms. The van der Waals surface area contributed by atoms with Crippen molar-refractivity contribution in [2.24, 2.45) is 11.7 Å². The van der Waals surface area contributed by atoms with Crippen LogP contribution >= 0.6 is 11.3 Å². The first-order valence-corrected chi connectivity index (χ1v) is 8.64. The summed E-state index contributed by atoms with van der Waals surface area (Å²) in [6.45, 7) is 1.69. The maximum absolute atomic E-state index is 11.3. The molecule has 1 aliphatic heterocycles. The van der Waals surface area contributed by atoms with E-state index in [0.29, 0.717) is 0 Å². The Hall–Kier alpha value is -2.08. The fraction of sp³-hybridized carbons (Fsp3) is 0.412. The van der Waals surface area contributed by atoms with E-state index in [1.165, 1.54) is 16.1 Å². The van der Waals surface area contributed by atoms with Crippen molar-refractivity contribution in [2.45, 2.75) is 12.8 Å². The second kappa shape index (κ2) is 6.58. The van der Waals surface area contributed by atoms with E-state index in [0.717, 1.165) is 31.1 Å². The van der Waals surface area contributed by atoms with Crippen molar-refractivity contribution in [1.29, 1.82) is 0 Å². The van der Waals surface area contributed by atoms with Crippen LogP contribution in [0.4, 0.5) is 10.8 Å². The van der Waals surface area contributed by atoms with Gasteiger partial charge < -0.3 is 15.5 Å². The summed E-state index contributed by atoms with van der Waals surface area (Å²) in [4.78, 5) is 21.4. The molecular weight excluding hydrogens is 308 g/mol. The molecule has 0 unspecified atom stereocenters. The predicted molar refractivity (Wildman–Crippen MR) is 96.0 cm³/mol. The number of carbonyl (C=O) groups excluding carboxylic acids is 1. The van der Waals surface area contributed by atoms with Gasteiger partial charge in [-0.25, -0.2) is 4.98 Å². The normalized spacial score (nSPS) is 15.7. The molecule has 1 aromatic carbocycles. The molecule has 122 valence electrons. The first kappa shape index (κ1) is 15.8. The van der Waals surface area contributed by atoms with Gasteiger partial charge in [0.15, 0.2) is 5.13 Å². The quantitative estimate of drug-likeness (QED) is 0.936. The highest BCUT2D eigenvalue weighted by Crippen LogP contribution is 2.34. The Morgan fingerprint density at radius 3 is 2.74 bits per heavy atom. The summed E-state index contributed by atoms with van der Waals surface area (Å²) in [5, 5.41) is 1.03. The molecule has 0 radical (unpaired) electrons. The van der Waals surface area contributed by atoms with Crippen LogP contribution in [0.3, 0.4) is 0 Å².